The minimum atomic E-state index is -0.00483. The van der Waals surface area contributed by atoms with E-state index in [2.05, 4.69) is 35.8 Å². The lowest BCUT2D eigenvalue weighted by Crippen LogP contribution is -2.05. The first kappa shape index (κ1) is 14.8. The van der Waals surface area contributed by atoms with Crippen LogP contribution in [0.1, 0.15) is 35.3 Å². The Morgan fingerprint density at radius 3 is 2.65 bits per heavy atom. The Morgan fingerprint density at radius 2 is 1.95 bits per heavy atom. The lowest BCUT2D eigenvalue weighted by Gasteiger charge is -2.08. The first-order valence-corrected chi connectivity index (χ1v) is 7.45. The zero-order valence-electron chi connectivity index (χ0n) is 11.7. The molecule has 2 nitrogen and oxygen atoms in total. The molecule has 0 aliphatic carbocycles. The van der Waals surface area contributed by atoms with Gasteiger partial charge < -0.3 is 5.73 Å². The molecule has 104 valence electrons. The number of carbonyl (C=O) groups is 1. The van der Waals surface area contributed by atoms with E-state index in [-0.39, 0.29) is 5.78 Å². The molecule has 0 aliphatic rings. The third-order valence-electron chi connectivity index (χ3n) is 3.07. The van der Waals surface area contributed by atoms with Gasteiger partial charge in [-0.05, 0) is 42.2 Å². The Bertz CT molecular complexity index is 635. The monoisotopic (exact) mass is 331 g/mol. The number of nitrogen functional groups attached to an aromatic ring is 1. The van der Waals surface area contributed by atoms with Crippen molar-refractivity contribution < 1.29 is 4.79 Å². The number of ketones is 1. The molecule has 0 radical (unpaired) electrons. The first-order chi connectivity index (χ1) is 9.47. The van der Waals surface area contributed by atoms with E-state index >= 15 is 0 Å². The molecular formula is C17H18BrNO. The van der Waals surface area contributed by atoms with Crippen LogP contribution in [0.2, 0.25) is 0 Å². The summed E-state index contributed by atoms with van der Waals surface area (Å²) in [4.78, 5) is 12.6. The molecule has 2 N–H and O–H groups in total. The molecule has 0 heterocycles. The molecule has 20 heavy (non-hydrogen) atoms. The van der Waals surface area contributed by atoms with Gasteiger partial charge in [0.15, 0.2) is 5.78 Å². The Labute approximate surface area is 128 Å². The van der Waals surface area contributed by atoms with Crippen LogP contribution >= 0.6 is 15.9 Å². The fraction of sp³-hybridized carbons (Fsp3) is 0.235. The third-order valence-corrected chi connectivity index (χ3v) is 3.76. The predicted octanol–water partition coefficient (Wildman–Crippen LogP) is 4.46. The van der Waals surface area contributed by atoms with Gasteiger partial charge in [-0.15, -0.1) is 0 Å². The van der Waals surface area contributed by atoms with Crippen molar-refractivity contribution in [3.05, 3.63) is 63.6 Å². The topological polar surface area (TPSA) is 43.1 Å². The van der Waals surface area contributed by atoms with E-state index in [0.717, 1.165) is 10.9 Å². The summed E-state index contributed by atoms with van der Waals surface area (Å²) in [6, 6.07) is 13.1. The summed E-state index contributed by atoms with van der Waals surface area (Å²) in [6.07, 6.45) is 0.971. The summed E-state index contributed by atoms with van der Waals surface area (Å²) in [7, 11) is 0. The Morgan fingerprint density at radius 1 is 1.20 bits per heavy atom. The maximum absolute atomic E-state index is 12.6. The molecule has 0 aliphatic heterocycles. The highest BCUT2D eigenvalue weighted by atomic mass is 79.9. The van der Waals surface area contributed by atoms with Crippen LogP contribution in [0.15, 0.2) is 46.9 Å². The number of rotatable bonds is 4. The van der Waals surface area contributed by atoms with Gasteiger partial charge in [0, 0.05) is 21.3 Å². The minimum Gasteiger partial charge on any atom is -0.399 e. The number of anilines is 1. The van der Waals surface area contributed by atoms with E-state index < -0.39 is 0 Å². The van der Waals surface area contributed by atoms with E-state index in [9.17, 15) is 4.79 Å². The summed E-state index contributed by atoms with van der Waals surface area (Å²) in [5.41, 5.74) is 8.85. The number of hydrogen-bond acceptors (Lipinski definition) is 2. The van der Waals surface area contributed by atoms with Gasteiger partial charge in [0.25, 0.3) is 0 Å². The summed E-state index contributed by atoms with van der Waals surface area (Å²) in [5.74, 6) is 0.564. The van der Waals surface area contributed by atoms with Crippen LogP contribution in [-0.2, 0) is 6.42 Å². The van der Waals surface area contributed by atoms with Crippen LogP contribution in [0, 0.1) is 5.92 Å². The molecule has 2 aromatic rings. The molecule has 0 spiro atoms. The lowest BCUT2D eigenvalue weighted by molar-refractivity contribution is 0.103. The van der Waals surface area contributed by atoms with Crippen LogP contribution in [0.4, 0.5) is 5.69 Å². The maximum atomic E-state index is 12.6. The zero-order valence-corrected chi connectivity index (χ0v) is 13.3. The van der Waals surface area contributed by atoms with Crippen LogP contribution in [-0.4, -0.2) is 5.78 Å². The molecule has 0 amide bonds. The lowest BCUT2D eigenvalue weighted by atomic mass is 9.97. The maximum Gasteiger partial charge on any atom is 0.194 e. The van der Waals surface area contributed by atoms with Crippen molar-refractivity contribution in [3.63, 3.8) is 0 Å². The van der Waals surface area contributed by atoms with E-state index in [1.807, 2.05) is 18.2 Å². The average Bonchev–Trinajstić information content (AvgIpc) is 2.40. The molecule has 2 aromatic carbocycles. The van der Waals surface area contributed by atoms with Crippen LogP contribution in [0.3, 0.4) is 0 Å². The van der Waals surface area contributed by atoms with Crippen molar-refractivity contribution in [2.24, 2.45) is 5.92 Å². The van der Waals surface area contributed by atoms with Crippen molar-refractivity contribution in [2.75, 3.05) is 5.73 Å². The van der Waals surface area contributed by atoms with Gasteiger partial charge in [-0.1, -0.05) is 48.0 Å². The molecule has 0 unspecified atom stereocenters. The number of nitrogens with two attached hydrogens (primary N) is 1. The summed E-state index contributed by atoms with van der Waals surface area (Å²) in [6.45, 7) is 4.34. The van der Waals surface area contributed by atoms with Gasteiger partial charge in [0.1, 0.15) is 0 Å². The quantitative estimate of drug-likeness (QED) is 0.663. The van der Waals surface area contributed by atoms with E-state index in [0.29, 0.717) is 22.7 Å². The van der Waals surface area contributed by atoms with Gasteiger partial charge in [0.05, 0.1) is 0 Å². The molecule has 2 rings (SSSR count). The highest BCUT2D eigenvalue weighted by Crippen LogP contribution is 2.23. The van der Waals surface area contributed by atoms with Crippen molar-refractivity contribution in [1.29, 1.82) is 0 Å². The largest absolute Gasteiger partial charge is 0.399 e. The van der Waals surface area contributed by atoms with Crippen molar-refractivity contribution >= 4 is 27.4 Å². The number of hydrogen-bond donors (Lipinski definition) is 1. The SMILES string of the molecule is CC(C)Cc1cccc(C(=O)c2cc(N)ccc2Br)c1. The van der Waals surface area contributed by atoms with Crippen LogP contribution < -0.4 is 5.73 Å². The van der Waals surface area contributed by atoms with Crippen molar-refractivity contribution in [3.8, 4) is 0 Å². The zero-order chi connectivity index (χ0) is 14.7. The highest BCUT2D eigenvalue weighted by molar-refractivity contribution is 9.10. The van der Waals surface area contributed by atoms with Crippen molar-refractivity contribution in [1.82, 2.24) is 0 Å². The summed E-state index contributed by atoms with van der Waals surface area (Å²) in [5, 5.41) is 0. The Kier molecular flexibility index (Phi) is 4.61. The Hall–Kier alpha value is -1.61. The second-order valence-corrected chi connectivity index (χ2v) is 6.22. The van der Waals surface area contributed by atoms with Gasteiger partial charge >= 0.3 is 0 Å². The molecule has 0 fully saturated rings. The predicted molar refractivity (Wildman–Crippen MR) is 87.0 cm³/mol. The molecular weight excluding hydrogens is 314 g/mol. The normalized spacial score (nSPS) is 10.8. The van der Waals surface area contributed by atoms with Gasteiger partial charge in [-0.3, -0.25) is 4.79 Å². The summed E-state index contributed by atoms with van der Waals surface area (Å²) < 4.78 is 0.769. The number of carbonyl (C=O) groups excluding carboxylic acids is 1. The van der Waals surface area contributed by atoms with Crippen molar-refractivity contribution in [2.45, 2.75) is 20.3 Å². The van der Waals surface area contributed by atoms with Gasteiger partial charge in [-0.2, -0.15) is 0 Å². The molecule has 0 atom stereocenters. The van der Waals surface area contributed by atoms with Crippen LogP contribution in [0.5, 0.6) is 0 Å². The summed E-state index contributed by atoms with van der Waals surface area (Å²) >= 11 is 3.41. The third kappa shape index (κ3) is 3.48. The Balaban J connectivity index is 2.35. The van der Waals surface area contributed by atoms with E-state index in [1.54, 1.807) is 18.2 Å². The van der Waals surface area contributed by atoms with Crippen LogP contribution in [0.25, 0.3) is 0 Å². The first-order valence-electron chi connectivity index (χ1n) is 6.66. The number of benzene rings is 2. The van der Waals surface area contributed by atoms with Gasteiger partial charge in [0.2, 0.25) is 0 Å². The molecule has 0 saturated heterocycles. The van der Waals surface area contributed by atoms with Gasteiger partial charge in [-0.25, -0.2) is 0 Å². The van der Waals surface area contributed by atoms with E-state index in [1.165, 1.54) is 5.56 Å². The fourth-order valence-corrected chi connectivity index (χ4v) is 2.61. The van der Waals surface area contributed by atoms with E-state index in [4.69, 9.17) is 5.73 Å². The molecule has 0 aromatic heterocycles. The number of halogens is 1. The second kappa shape index (κ2) is 6.23. The smallest absolute Gasteiger partial charge is 0.194 e. The standard InChI is InChI=1S/C17H18BrNO/c1-11(2)8-12-4-3-5-13(9-12)17(20)15-10-14(19)6-7-16(15)18/h3-7,9-11H,8,19H2,1-2H3. The molecule has 3 heteroatoms. The molecule has 0 bridgehead atoms. The molecule has 0 saturated carbocycles. The average molecular weight is 332 g/mol. The highest BCUT2D eigenvalue weighted by Gasteiger charge is 2.13. The fourth-order valence-electron chi connectivity index (χ4n) is 2.18. The second-order valence-electron chi connectivity index (χ2n) is 5.37. The minimum absolute atomic E-state index is 0.00483.